The lowest BCUT2D eigenvalue weighted by atomic mass is 10.0. The number of likely N-dealkylation sites (N-methyl/N-ethyl adjacent to an activating group) is 1. The third-order valence-corrected chi connectivity index (χ3v) is 3.98. The lowest BCUT2D eigenvalue weighted by Crippen LogP contribution is -2.51. The van der Waals surface area contributed by atoms with E-state index in [1.165, 1.54) is 4.90 Å². The summed E-state index contributed by atoms with van der Waals surface area (Å²) in [4.78, 5) is 28.0. The number of benzene rings is 1. The number of methoxy groups -OCH3 is 1. The van der Waals surface area contributed by atoms with E-state index in [9.17, 15) is 9.59 Å². The van der Waals surface area contributed by atoms with Gasteiger partial charge in [0.25, 0.3) is 11.8 Å². The smallest absolute Gasteiger partial charge is 0.254 e. The summed E-state index contributed by atoms with van der Waals surface area (Å²) in [5, 5.41) is 0. The third-order valence-electron chi connectivity index (χ3n) is 3.98. The van der Waals surface area contributed by atoms with Gasteiger partial charge in [0.2, 0.25) is 0 Å². The highest BCUT2D eigenvalue weighted by Crippen LogP contribution is 2.25. The molecule has 0 bridgehead atoms. The van der Waals surface area contributed by atoms with Gasteiger partial charge in [-0.05, 0) is 37.1 Å². The van der Waals surface area contributed by atoms with Crippen molar-refractivity contribution in [1.82, 2.24) is 9.80 Å². The van der Waals surface area contributed by atoms with Crippen LogP contribution in [0.3, 0.4) is 0 Å². The van der Waals surface area contributed by atoms with Gasteiger partial charge in [0.15, 0.2) is 6.10 Å². The summed E-state index contributed by atoms with van der Waals surface area (Å²) in [5.41, 5.74) is 2.45. The molecule has 1 aromatic rings. The van der Waals surface area contributed by atoms with Crippen LogP contribution in [0.1, 0.15) is 21.5 Å². The predicted octanol–water partition coefficient (Wildman–Crippen LogP) is 1.24. The topological polar surface area (TPSA) is 59.1 Å². The fourth-order valence-electron chi connectivity index (χ4n) is 2.85. The average Bonchev–Trinajstić information content (AvgIpc) is 2.53. The summed E-state index contributed by atoms with van der Waals surface area (Å²) >= 11 is 0. The molecule has 1 fully saturated rings. The molecule has 0 aliphatic carbocycles. The molecule has 1 saturated heterocycles. The van der Waals surface area contributed by atoms with Crippen LogP contribution in [-0.2, 0) is 9.53 Å². The lowest BCUT2D eigenvalue weighted by Gasteiger charge is -2.33. The number of amides is 2. The predicted molar refractivity (Wildman–Crippen MR) is 86.8 cm³/mol. The van der Waals surface area contributed by atoms with Crippen molar-refractivity contribution in [2.45, 2.75) is 20.0 Å². The van der Waals surface area contributed by atoms with Crippen molar-refractivity contribution in [2.24, 2.45) is 0 Å². The molecular formula is C17H24N2O4. The van der Waals surface area contributed by atoms with Crippen LogP contribution < -0.4 is 4.74 Å². The van der Waals surface area contributed by atoms with E-state index in [1.807, 2.05) is 26.0 Å². The Morgan fingerprint density at radius 1 is 1.26 bits per heavy atom. The first-order chi connectivity index (χ1) is 10.8. The summed E-state index contributed by atoms with van der Waals surface area (Å²) < 4.78 is 10.8. The molecule has 0 aromatic heterocycles. The third kappa shape index (κ3) is 3.64. The second kappa shape index (κ2) is 7.00. The Labute approximate surface area is 137 Å². The van der Waals surface area contributed by atoms with Gasteiger partial charge in [-0.3, -0.25) is 9.59 Å². The maximum Gasteiger partial charge on any atom is 0.254 e. The number of carbonyl (C=O) groups excluding carboxylic acids is 2. The molecule has 2 rings (SSSR count). The molecule has 0 radical (unpaired) electrons. The van der Waals surface area contributed by atoms with Gasteiger partial charge in [0.1, 0.15) is 5.75 Å². The van der Waals surface area contributed by atoms with Crippen LogP contribution in [-0.4, -0.2) is 68.6 Å². The van der Waals surface area contributed by atoms with E-state index in [0.717, 1.165) is 16.9 Å². The zero-order chi connectivity index (χ0) is 17.1. The second-order valence-corrected chi connectivity index (χ2v) is 5.99. The van der Waals surface area contributed by atoms with Crippen molar-refractivity contribution in [2.75, 3.05) is 40.9 Å². The average molecular weight is 320 g/mol. The number of ether oxygens (including phenoxy) is 2. The normalized spacial score (nSPS) is 17.8. The number of nitrogens with zero attached hydrogens (tertiary/aromatic N) is 2. The summed E-state index contributed by atoms with van der Waals surface area (Å²) in [6, 6.07) is 3.65. The summed E-state index contributed by atoms with van der Waals surface area (Å²) in [7, 11) is 4.99. The Bertz CT molecular complexity index is 590. The van der Waals surface area contributed by atoms with Crippen molar-refractivity contribution in [1.29, 1.82) is 0 Å². The van der Waals surface area contributed by atoms with Gasteiger partial charge in [-0.25, -0.2) is 0 Å². The first-order valence-electron chi connectivity index (χ1n) is 7.62. The maximum atomic E-state index is 12.7. The van der Waals surface area contributed by atoms with Crippen LogP contribution >= 0.6 is 0 Å². The van der Waals surface area contributed by atoms with Gasteiger partial charge >= 0.3 is 0 Å². The SMILES string of the molecule is COc1c(C)cc(C(=O)N2CCO[C@@H](C(=O)N(C)C)C2)cc1C. The Morgan fingerprint density at radius 2 is 1.87 bits per heavy atom. The summed E-state index contributed by atoms with van der Waals surface area (Å²) in [6.07, 6.45) is -0.594. The number of aryl methyl sites for hydroxylation is 2. The zero-order valence-corrected chi connectivity index (χ0v) is 14.4. The quantitative estimate of drug-likeness (QED) is 0.841. The Balaban J connectivity index is 2.18. The molecule has 0 spiro atoms. The summed E-state index contributed by atoms with van der Waals surface area (Å²) in [5.74, 6) is 0.590. The largest absolute Gasteiger partial charge is 0.496 e. The highest BCUT2D eigenvalue weighted by molar-refractivity contribution is 5.95. The Morgan fingerprint density at radius 3 is 2.39 bits per heavy atom. The van der Waals surface area contributed by atoms with Crippen LogP contribution in [0.15, 0.2) is 12.1 Å². The van der Waals surface area contributed by atoms with Crippen molar-refractivity contribution in [3.8, 4) is 5.75 Å². The molecule has 126 valence electrons. The van der Waals surface area contributed by atoms with E-state index in [4.69, 9.17) is 9.47 Å². The van der Waals surface area contributed by atoms with E-state index in [1.54, 1.807) is 26.1 Å². The van der Waals surface area contributed by atoms with Gasteiger partial charge in [-0.2, -0.15) is 0 Å². The Hall–Kier alpha value is -2.08. The number of hydrogen-bond acceptors (Lipinski definition) is 4. The van der Waals surface area contributed by atoms with Gasteiger partial charge in [0.05, 0.1) is 20.3 Å². The molecular weight excluding hydrogens is 296 g/mol. The van der Waals surface area contributed by atoms with Crippen LogP contribution in [0, 0.1) is 13.8 Å². The minimum Gasteiger partial charge on any atom is -0.496 e. The molecule has 6 nitrogen and oxygen atoms in total. The standard InChI is InChI=1S/C17H24N2O4/c1-11-8-13(9-12(2)15(11)22-5)16(20)19-6-7-23-14(10-19)17(21)18(3)4/h8-9,14H,6-7,10H2,1-5H3/t14-/m1/s1. The highest BCUT2D eigenvalue weighted by Gasteiger charge is 2.30. The minimum absolute atomic E-state index is 0.0845. The van der Waals surface area contributed by atoms with Crippen LogP contribution in [0.2, 0.25) is 0 Å². The van der Waals surface area contributed by atoms with Crippen LogP contribution in [0.25, 0.3) is 0 Å². The van der Waals surface area contributed by atoms with Gasteiger partial charge < -0.3 is 19.3 Å². The monoisotopic (exact) mass is 320 g/mol. The highest BCUT2D eigenvalue weighted by atomic mass is 16.5. The second-order valence-electron chi connectivity index (χ2n) is 5.99. The molecule has 1 heterocycles. The maximum absolute atomic E-state index is 12.7. The van der Waals surface area contributed by atoms with Crippen LogP contribution in [0.5, 0.6) is 5.75 Å². The van der Waals surface area contributed by atoms with Crippen molar-refractivity contribution in [3.63, 3.8) is 0 Å². The van der Waals surface area contributed by atoms with Gasteiger partial charge in [0, 0.05) is 26.2 Å². The summed E-state index contributed by atoms with van der Waals surface area (Å²) in [6.45, 7) is 4.96. The van der Waals surface area contributed by atoms with Crippen molar-refractivity contribution < 1.29 is 19.1 Å². The first-order valence-corrected chi connectivity index (χ1v) is 7.62. The molecule has 1 aromatic carbocycles. The molecule has 23 heavy (non-hydrogen) atoms. The number of hydrogen-bond donors (Lipinski definition) is 0. The zero-order valence-electron chi connectivity index (χ0n) is 14.4. The molecule has 6 heteroatoms. The van der Waals surface area contributed by atoms with E-state index in [-0.39, 0.29) is 18.4 Å². The fourth-order valence-corrected chi connectivity index (χ4v) is 2.85. The molecule has 0 N–H and O–H groups in total. The molecule has 0 saturated carbocycles. The van der Waals surface area contributed by atoms with Gasteiger partial charge in [-0.1, -0.05) is 0 Å². The number of carbonyl (C=O) groups is 2. The fraction of sp³-hybridized carbons (Fsp3) is 0.529. The molecule has 2 amide bonds. The molecule has 1 atom stereocenters. The van der Waals surface area contributed by atoms with Crippen molar-refractivity contribution in [3.05, 3.63) is 28.8 Å². The Kier molecular flexibility index (Phi) is 5.26. The van der Waals surface area contributed by atoms with E-state index in [2.05, 4.69) is 0 Å². The lowest BCUT2D eigenvalue weighted by molar-refractivity contribution is -0.145. The van der Waals surface area contributed by atoms with Crippen molar-refractivity contribution >= 4 is 11.8 Å². The van der Waals surface area contributed by atoms with Crippen LogP contribution in [0.4, 0.5) is 0 Å². The van der Waals surface area contributed by atoms with Gasteiger partial charge in [-0.15, -0.1) is 0 Å². The molecule has 1 aliphatic heterocycles. The molecule has 1 aliphatic rings. The number of morpholine rings is 1. The first kappa shape index (κ1) is 17.3. The molecule has 0 unspecified atom stereocenters. The van der Waals surface area contributed by atoms with E-state index < -0.39 is 6.10 Å². The minimum atomic E-state index is -0.594. The number of rotatable bonds is 3. The van der Waals surface area contributed by atoms with E-state index in [0.29, 0.717) is 18.7 Å². The van der Waals surface area contributed by atoms with E-state index >= 15 is 0 Å².